The summed E-state index contributed by atoms with van der Waals surface area (Å²) in [6, 6.07) is 36.1. The van der Waals surface area contributed by atoms with E-state index in [1.54, 1.807) is 0 Å². The van der Waals surface area contributed by atoms with Crippen LogP contribution in [-0.4, -0.2) is 0 Å². The average molecular weight is 380 g/mol. The van der Waals surface area contributed by atoms with Crippen LogP contribution in [0.5, 0.6) is 0 Å². The molecule has 0 heterocycles. The normalized spacial score (nSPS) is 13.1. The lowest BCUT2D eigenvalue weighted by atomic mass is 9.80. The molecule has 0 heteroatoms. The molecule has 0 spiro atoms. The summed E-state index contributed by atoms with van der Waals surface area (Å²) in [5.74, 6) is 0. The predicted octanol–water partition coefficient (Wildman–Crippen LogP) is 7.79. The third-order valence-electron chi connectivity index (χ3n) is 7.02. The fourth-order valence-corrected chi connectivity index (χ4v) is 5.73. The van der Waals surface area contributed by atoms with Crippen LogP contribution < -0.4 is 0 Å². The van der Waals surface area contributed by atoms with E-state index in [4.69, 9.17) is 0 Å². The van der Waals surface area contributed by atoms with Crippen molar-refractivity contribution in [3.8, 4) is 0 Å². The molecule has 0 N–H and O–H groups in total. The Morgan fingerprint density at radius 1 is 0.267 bits per heavy atom. The van der Waals surface area contributed by atoms with E-state index >= 15 is 0 Å². The van der Waals surface area contributed by atoms with Crippen molar-refractivity contribution in [1.82, 2.24) is 0 Å². The molecular formula is C30H20. The van der Waals surface area contributed by atoms with Crippen LogP contribution in [-0.2, 0) is 12.8 Å². The minimum atomic E-state index is 0.947. The first-order chi connectivity index (χ1) is 14.9. The van der Waals surface area contributed by atoms with Crippen LogP contribution in [0, 0.1) is 0 Å². The van der Waals surface area contributed by atoms with Gasteiger partial charge >= 0.3 is 0 Å². The van der Waals surface area contributed by atoms with Crippen molar-refractivity contribution in [2.75, 3.05) is 0 Å². The Kier molecular flexibility index (Phi) is 3.20. The van der Waals surface area contributed by atoms with Gasteiger partial charge in [0.25, 0.3) is 0 Å². The highest BCUT2D eigenvalue weighted by atomic mass is 14.2. The number of benzene rings is 6. The molecule has 0 radical (unpaired) electrons. The Bertz CT molecular complexity index is 1280. The predicted molar refractivity (Wildman–Crippen MR) is 129 cm³/mol. The summed E-state index contributed by atoms with van der Waals surface area (Å²) in [6.45, 7) is 0. The second-order valence-electron chi connectivity index (χ2n) is 8.45. The molecule has 8 rings (SSSR count). The highest BCUT2D eigenvalue weighted by Gasteiger charge is 2.21. The third-order valence-corrected chi connectivity index (χ3v) is 7.02. The SMILES string of the molecule is c1ccc2c3c4ccccc4c(c2c1)Cc1c2ccccc2c(c2ccccc12)C3. The van der Waals surface area contributed by atoms with Crippen LogP contribution in [0.3, 0.4) is 0 Å². The monoisotopic (exact) mass is 380 g/mol. The Morgan fingerprint density at radius 2 is 0.433 bits per heavy atom. The number of rotatable bonds is 0. The van der Waals surface area contributed by atoms with E-state index in [9.17, 15) is 0 Å². The van der Waals surface area contributed by atoms with E-state index in [-0.39, 0.29) is 0 Å². The summed E-state index contributed by atoms with van der Waals surface area (Å²) in [5.41, 5.74) is 5.81. The molecule has 0 unspecified atom stereocenters. The van der Waals surface area contributed by atoms with Gasteiger partial charge in [0.15, 0.2) is 0 Å². The Hall–Kier alpha value is -3.64. The maximum absolute atomic E-state index is 2.32. The van der Waals surface area contributed by atoms with Gasteiger partial charge in [0.05, 0.1) is 0 Å². The fourth-order valence-electron chi connectivity index (χ4n) is 5.73. The highest BCUT2D eigenvalue weighted by Crippen LogP contribution is 2.42. The van der Waals surface area contributed by atoms with E-state index in [0.717, 1.165) is 12.8 Å². The van der Waals surface area contributed by atoms with Crippen LogP contribution in [0.4, 0.5) is 0 Å². The van der Waals surface area contributed by atoms with Gasteiger partial charge in [0, 0.05) is 0 Å². The molecule has 6 aromatic rings. The van der Waals surface area contributed by atoms with Crippen LogP contribution in [0.15, 0.2) is 97.1 Å². The quantitative estimate of drug-likeness (QED) is 0.235. The van der Waals surface area contributed by atoms with Gasteiger partial charge in [-0.15, -0.1) is 0 Å². The molecule has 6 aromatic carbocycles. The van der Waals surface area contributed by atoms with Crippen molar-refractivity contribution >= 4 is 43.1 Å². The largest absolute Gasteiger partial charge is 0.0616 e. The minimum absolute atomic E-state index is 0.947. The number of hydrogen-bond acceptors (Lipinski definition) is 0. The second-order valence-corrected chi connectivity index (χ2v) is 8.45. The molecule has 4 bridgehead atoms. The molecular weight excluding hydrogens is 360 g/mol. The van der Waals surface area contributed by atoms with Gasteiger partial charge in [0.2, 0.25) is 0 Å². The molecule has 0 saturated carbocycles. The molecule has 0 fully saturated rings. The molecule has 0 aliphatic heterocycles. The van der Waals surface area contributed by atoms with Crippen molar-refractivity contribution in [3.63, 3.8) is 0 Å². The first-order valence-electron chi connectivity index (χ1n) is 10.7. The van der Waals surface area contributed by atoms with E-state index in [2.05, 4.69) is 97.1 Å². The lowest BCUT2D eigenvalue weighted by Crippen LogP contribution is -2.04. The summed E-state index contributed by atoms with van der Waals surface area (Å²) in [4.78, 5) is 0. The lowest BCUT2D eigenvalue weighted by molar-refractivity contribution is 1.22. The molecule has 2 aliphatic carbocycles. The molecule has 0 nitrogen and oxygen atoms in total. The Balaban J connectivity index is 1.78. The van der Waals surface area contributed by atoms with Crippen molar-refractivity contribution in [2.24, 2.45) is 0 Å². The third kappa shape index (κ3) is 2.06. The first kappa shape index (κ1) is 16.2. The maximum atomic E-state index is 2.32. The number of hydrogen-bond donors (Lipinski definition) is 0. The molecule has 140 valence electrons. The fraction of sp³-hybridized carbons (Fsp3) is 0.0667. The Morgan fingerprint density at radius 3 is 0.600 bits per heavy atom. The highest BCUT2D eigenvalue weighted by molar-refractivity contribution is 6.11. The number of fused-ring (bicyclic) bond motifs is 1. The van der Waals surface area contributed by atoms with Crippen LogP contribution in [0.1, 0.15) is 22.3 Å². The minimum Gasteiger partial charge on any atom is -0.0616 e. The second kappa shape index (κ2) is 5.93. The van der Waals surface area contributed by atoms with Gasteiger partial charge in [-0.2, -0.15) is 0 Å². The smallest absolute Gasteiger partial charge is 0.000111 e. The molecule has 0 aromatic heterocycles. The van der Waals surface area contributed by atoms with Gasteiger partial charge in [-0.3, -0.25) is 0 Å². The van der Waals surface area contributed by atoms with E-state index < -0.39 is 0 Å². The standard InChI is InChI=1S/C30H20/c1-2-10-20-19(9-1)27-17-29-23-13-5-7-15-25(23)30(26-16-8-6-14-24(26)29)18-28(20)22-12-4-3-11-21(22)27/h1-16H,17-18H2. The maximum Gasteiger partial charge on any atom is -0.000111 e. The van der Waals surface area contributed by atoms with Gasteiger partial charge in [-0.05, 0) is 78.2 Å². The van der Waals surface area contributed by atoms with Crippen LogP contribution >= 0.6 is 0 Å². The zero-order valence-corrected chi connectivity index (χ0v) is 16.7. The van der Waals surface area contributed by atoms with Crippen LogP contribution in [0.25, 0.3) is 43.1 Å². The van der Waals surface area contributed by atoms with Crippen molar-refractivity contribution in [3.05, 3.63) is 119 Å². The van der Waals surface area contributed by atoms with Crippen LogP contribution in [0.2, 0.25) is 0 Å². The Labute approximate surface area is 175 Å². The summed E-state index contributed by atoms with van der Waals surface area (Å²) in [6.07, 6.45) is 1.89. The van der Waals surface area contributed by atoms with Gasteiger partial charge in [0.1, 0.15) is 0 Å². The molecule has 0 amide bonds. The topological polar surface area (TPSA) is 0 Å². The van der Waals surface area contributed by atoms with Gasteiger partial charge in [-0.1, -0.05) is 97.1 Å². The summed E-state index contributed by atoms with van der Waals surface area (Å²) in [5, 5.41) is 11.2. The zero-order chi connectivity index (χ0) is 19.7. The van der Waals surface area contributed by atoms with Crippen molar-refractivity contribution < 1.29 is 0 Å². The van der Waals surface area contributed by atoms with E-state index in [1.165, 1.54) is 65.3 Å². The molecule has 0 atom stereocenters. The average Bonchev–Trinajstić information content (AvgIpc) is 2.82. The molecule has 2 aliphatic rings. The molecule has 30 heavy (non-hydrogen) atoms. The summed E-state index contributed by atoms with van der Waals surface area (Å²) >= 11 is 0. The van der Waals surface area contributed by atoms with Crippen molar-refractivity contribution in [2.45, 2.75) is 12.8 Å². The summed E-state index contributed by atoms with van der Waals surface area (Å²) < 4.78 is 0. The van der Waals surface area contributed by atoms with Gasteiger partial charge < -0.3 is 0 Å². The van der Waals surface area contributed by atoms with E-state index in [0.29, 0.717) is 0 Å². The zero-order valence-electron chi connectivity index (χ0n) is 16.7. The first-order valence-corrected chi connectivity index (χ1v) is 10.7. The van der Waals surface area contributed by atoms with Crippen molar-refractivity contribution in [1.29, 1.82) is 0 Å². The summed E-state index contributed by atoms with van der Waals surface area (Å²) in [7, 11) is 0. The van der Waals surface area contributed by atoms with E-state index in [1.807, 2.05) is 0 Å². The lowest BCUT2D eigenvalue weighted by Gasteiger charge is -2.24. The van der Waals surface area contributed by atoms with Gasteiger partial charge in [-0.25, -0.2) is 0 Å². The molecule has 0 saturated heterocycles.